The molecule has 8 nitrogen and oxygen atoms in total. The number of carbonyl (C=O) groups excluding carboxylic acids is 3. The molecular weight excluding hydrogens is 420 g/mol. The number of imide groups is 1. The maximum atomic E-state index is 12.6. The maximum absolute atomic E-state index is 12.6. The molecule has 0 fully saturated rings. The summed E-state index contributed by atoms with van der Waals surface area (Å²) >= 11 is 0. The normalized spacial score (nSPS) is 11.5. The molecule has 0 spiro atoms. The number of hydrogen-bond acceptors (Lipinski definition) is 5. The molecule has 4 amide bonds. The lowest BCUT2D eigenvalue weighted by molar-refractivity contribution is -0.124. The number of nitrogens with one attached hydrogen (secondary N) is 3. The van der Waals surface area contributed by atoms with E-state index in [9.17, 15) is 14.4 Å². The number of pyridine rings is 1. The minimum Gasteiger partial charge on any atom is -0.331 e. The van der Waals surface area contributed by atoms with E-state index in [0.29, 0.717) is 18.4 Å². The summed E-state index contributed by atoms with van der Waals surface area (Å²) in [7, 11) is 0. The van der Waals surface area contributed by atoms with Crippen LogP contribution in [0, 0.1) is 0 Å². The monoisotopic (exact) mass is 444 g/mol. The average Bonchev–Trinajstić information content (AvgIpc) is 2.86. The molecule has 0 radical (unpaired) electrons. The maximum Gasteiger partial charge on any atom is 0.322 e. The molecule has 2 aromatic carbocycles. The van der Waals surface area contributed by atoms with Crippen molar-refractivity contribution in [3.8, 4) is 0 Å². The van der Waals surface area contributed by atoms with Crippen molar-refractivity contribution in [2.75, 3.05) is 0 Å². The lowest BCUT2D eigenvalue weighted by Crippen LogP contribution is -2.41. The van der Waals surface area contributed by atoms with E-state index in [0.717, 1.165) is 16.7 Å². The first-order chi connectivity index (χ1) is 16.0. The summed E-state index contributed by atoms with van der Waals surface area (Å²) in [5, 5.41) is 13.8. The van der Waals surface area contributed by atoms with Gasteiger partial charge in [0.15, 0.2) is 0 Å². The van der Waals surface area contributed by atoms with Crippen molar-refractivity contribution in [3.05, 3.63) is 107 Å². The number of benzene rings is 2. The van der Waals surface area contributed by atoms with Crippen molar-refractivity contribution in [2.24, 2.45) is 0 Å². The van der Waals surface area contributed by atoms with Gasteiger partial charge in [-0.3, -0.25) is 25.1 Å². The van der Waals surface area contributed by atoms with Crippen LogP contribution in [-0.2, 0) is 11.2 Å². The molecule has 168 valence electrons. The van der Waals surface area contributed by atoms with Crippen LogP contribution >= 0.6 is 0 Å². The van der Waals surface area contributed by atoms with Gasteiger partial charge in [0.05, 0.1) is 6.04 Å². The number of hydroxylamine groups is 1. The van der Waals surface area contributed by atoms with Gasteiger partial charge in [0.2, 0.25) is 0 Å². The molecule has 3 rings (SSSR count). The van der Waals surface area contributed by atoms with Gasteiger partial charge in [-0.2, -0.15) is 0 Å². The Morgan fingerprint density at radius 1 is 0.939 bits per heavy atom. The van der Waals surface area contributed by atoms with Crippen LogP contribution in [0.5, 0.6) is 0 Å². The SMILES string of the molecule is O=C(C=Cc1ccc(C(CCc2ccncc2)NC(=O)NC(=O)c2ccccc2)cc1)NO. The van der Waals surface area contributed by atoms with Crippen LogP contribution in [0.4, 0.5) is 4.79 Å². The Kier molecular flexibility index (Phi) is 8.44. The number of nitrogens with zero attached hydrogens (tertiary/aromatic N) is 1. The highest BCUT2D eigenvalue weighted by Crippen LogP contribution is 2.20. The van der Waals surface area contributed by atoms with Gasteiger partial charge >= 0.3 is 6.03 Å². The third-order valence-electron chi connectivity index (χ3n) is 4.92. The van der Waals surface area contributed by atoms with Crippen molar-refractivity contribution in [2.45, 2.75) is 18.9 Å². The molecule has 1 unspecified atom stereocenters. The predicted molar refractivity (Wildman–Crippen MR) is 123 cm³/mol. The van der Waals surface area contributed by atoms with E-state index in [1.165, 1.54) is 11.6 Å². The Morgan fingerprint density at radius 3 is 2.30 bits per heavy atom. The summed E-state index contributed by atoms with van der Waals surface area (Å²) in [6, 6.07) is 18.7. The van der Waals surface area contributed by atoms with Crippen LogP contribution in [-0.4, -0.2) is 28.0 Å². The van der Waals surface area contributed by atoms with E-state index < -0.39 is 17.8 Å². The number of hydrogen-bond donors (Lipinski definition) is 4. The number of aromatic nitrogens is 1. The van der Waals surface area contributed by atoms with Gasteiger partial charge in [0.1, 0.15) is 0 Å². The van der Waals surface area contributed by atoms with Gasteiger partial charge in [0, 0.05) is 24.0 Å². The molecule has 3 aromatic rings. The Labute approximate surface area is 191 Å². The summed E-state index contributed by atoms with van der Waals surface area (Å²) in [4.78, 5) is 40.1. The molecule has 1 aromatic heterocycles. The lowest BCUT2D eigenvalue weighted by atomic mass is 9.98. The minimum absolute atomic E-state index is 0.361. The molecule has 0 aliphatic carbocycles. The van der Waals surface area contributed by atoms with E-state index in [4.69, 9.17) is 5.21 Å². The van der Waals surface area contributed by atoms with Gasteiger partial charge < -0.3 is 5.32 Å². The first kappa shape index (κ1) is 23.4. The molecule has 0 aliphatic heterocycles. The fourth-order valence-corrected chi connectivity index (χ4v) is 3.19. The van der Waals surface area contributed by atoms with E-state index in [1.807, 2.05) is 24.3 Å². The summed E-state index contributed by atoms with van der Waals surface area (Å²) < 4.78 is 0. The highest BCUT2D eigenvalue weighted by Gasteiger charge is 2.17. The van der Waals surface area contributed by atoms with Crippen LogP contribution in [0.3, 0.4) is 0 Å². The quantitative estimate of drug-likeness (QED) is 0.241. The molecule has 33 heavy (non-hydrogen) atoms. The third kappa shape index (κ3) is 7.41. The van der Waals surface area contributed by atoms with E-state index in [1.54, 1.807) is 60.9 Å². The fraction of sp³-hybridized carbons (Fsp3) is 0.120. The zero-order valence-corrected chi connectivity index (χ0v) is 17.8. The molecule has 0 saturated carbocycles. The Bertz CT molecular complexity index is 1100. The van der Waals surface area contributed by atoms with Crippen LogP contribution in [0.1, 0.15) is 39.5 Å². The molecule has 1 heterocycles. The molecule has 8 heteroatoms. The van der Waals surface area contributed by atoms with Gasteiger partial charge in [-0.05, 0) is 59.9 Å². The smallest absolute Gasteiger partial charge is 0.322 e. The fourth-order valence-electron chi connectivity index (χ4n) is 3.19. The number of urea groups is 1. The predicted octanol–water partition coefficient (Wildman–Crippen LogP) is 3.41. The van der Waals surface area contributed by atoms with Gasteiger partial charge in [-0.25, -0.2) is 10.3 Å². The largest absolute Gasteiger partial charge is 0.331 e. The average molecular weight is 444 g/mol. The van der Waals surface area contributed by atoms with Gasteiger partial charge in [0.25, 0.3) is 11.8 Å². The lowest BCUT2D eigenvalue weighted by Gasteiger charge is -2.20. The molecule has 0 saturated heterocycles. The van der Waals surface area contributed by atoms with E-state index >= 15 is 0 Å². The van der Waals surface area contributed by atoms with Crippen molar-refractivity contribution < 1.29 is 19.6 Å². The van der Waals surface area contributed by atoms with Crippen LogP contribution in [0.15, 0.2) is 85.2 Å². The highest BCUT2D eigenvalue weighted by atomic mass is 16.5. The van der Waals surface area contributed by atoms with Crippen LogP contribution < -0.4 is 16.1 Å². The molecular formula is C25H24N4O4. The molecule has 0 aliphatic rings. The van der Waals surface area contributed by atoms with Crippen molar-refractivity contribution >= 4 is 23.9 Å². The summed E-state index contributed by atoms with van der Waals surface area (Å²) in [5.74, 6) is -1.11. The number of carbonyl (C=O) groups is 3. The van der Waals surface area contributed by atoms with E-state index in [2.05, 4.69) is 15.6 Å². The number of amides is 4. The standard InChI is InChI=1S/C25H24N4O4/c30-23(29-33)13-9-18-6-10-20(11-7-18)22(12-8-19-14-16-26-17-15-19)27-25(32)28-24(31)21-4-2-1-3-5-21/h1-7,9-11,13-17,22,33H,8,12H2,(H,29,30)(H2,27,28,31,32). The summed E-state index contributed by atoms with van der Waals surface area (Å²) in [5.41, 5.74) is 4.59. The Morgan fingerprint density at radius 2 is 1.64 bits per heavy atom. The second kappa shape index (κ2) is 11.9. The molecule has 0 bridgehead atoms. The first-order valence-electron chi connectivity index (χ1n) is 10.3. The minimum atomic E-state index is -0.629. The zero-order chi connectivity index (χ0) is 23.5. The topological polar surface area (TPSA) is 120 Å². The summed E-state index contributed by atoms with van der Waals surface area (Å²) in [6.07, 6.45) is 7.48. The van der Waals surface area contributed by atoms with Crippen LogP contribution in [0.2, 0.25) is 0 Å². The van der Waals surface area contributed by atoms with Gasteiger partial charge in [-0.1, -0.05) is 42.5 Å². The second-order valence-electron chi connectivity index (χ2n) is 7.22. The second-order valence-corrected chi connectivity index (χ2v) is 7.22. The highest BCUT2D eigenvalue weighted by molar-refractivity contribution is 6.04. The summed E-state index contributed by atoms with van der Waals surface area (Å²) in [6.45, 7) is 0. The van der Waals surface area contributed by atoms with Crippen LogP contribution in [0.25, 0.3) is 6.08 Å². The number of rotatable bonds is 8. The molecule has 4 N–H and O–H groups in total. The Hall–Kier alpha value is -4.30. The van der Waals surface area contributed by atoms with Crippen molar-refractivity contribution in [1.29, 1.82) is 0 Å². The van der Waals surface area contributed by atoms with Crippen molar-refractivity contribution in [1.82, 2.24) is 21.1 Å². The number of aryl methyl sites for hydroxylation is 1. The molecule has 1 atom stereocenters. The van der Waals surface area contributed by atoms with Crippen molar-refractivity contribution in [3.63, 3.8) is 0 Å². The van der Waals surface area contributed by atoms with Gasteiger partial charge in [-0.15, -0.1) is 0 Å². The third-order valence-corrected chi connectivity index (χ3v) is 4.92. The van der Waals surface area contributed by atoms with E-state index in [-0.39, 0.29) is 6.04 Å². The Balaban J connectivity index is 1.71. The first-order valence-corrected chi connectivity index (χ1v) is 10.3. The zero-order valence-electron chi connectivity index (χ0n) is 17.8.